The lowest BCUT2D eigenvalue weighted by Gasteiger charge is -2.06. The number of hydrogen-bond donors (Lipinski definition) is 0. The van der Waals surface area contributed by atoms with Gasteiger partial charge in [-0.3, -0.25) is 4.79 Å². The Labute approximate surface area is 80.5 Å². The van der Waals surface area contributed by atoms with Crippen molar-refractivity contribution in [3.63, 3.8) is 0 Å². The molecule has 0 atom stereocenters. The second kappa shape index (κ2) is 4.17. The smallest absolute Gasteiger partial charge is 0.313 e. The molecule has 0 saturated carbocycles. The maximum absolute atomic E-state index is 12.6. The fourth-order valence-electron chi connectivity index (χ4n) is 0.821. The number of rotatable bonds is 2. The van der Waals surface area contributed by atoms with E-state index in [-0.39, 0.29) is 11.7 Å². The summed E-state index contributed by atoms with van der Waals surface area (Å²) in [6, 6.07) is 2.64. The molecule has 0 bridgehead atoms. The lowest BCUT2D eigenvalue weighted by atomic mass is 10.2. The van der Waals surface area contributed by atoms with E-state index in [2.05, 4.69) is 0 Å². The van der Waals surface area contributed by atoms with Crippen LogP contribution in [0.15, 0.2) is 18.2 Å². The number of carbonyl (C=O) groups is 1. The summed E-state index contributed by atoms with van der Waals surface area (Å²) in [4.78, 5) is 11.1. The first kappa shape index (κ1) is 10.6. The van der Waals surface area contributed by atoms with Gasteiger partial charge in [0, 0.05) is 18.2 Å². The van der Waals surface area contributed by atoms with E-state index in [1.165, 1.54) is 0 Å². The van der Waals surface area contributed by atoms with Crippen molar-refractivity contribution in [2.45, 2.75) is 13.8 Å². The van der Waals surface area contributed by atoms with Crippen molar-refractivity contribution in [1.82, 2.24) is 0 Å². The highest BCUT2D eigenvalue weighted by molar-refractivity contribution is 5.74. The molecule has 0 heterocycles. The standard InChI is InChI=1S/C10H10F2O2/c1-6(2)10(13)14-9-4-7(11)3-8(12)5-9/h3-6H,1-2H3. The highest BCUT2D eigenvalue weighted by Crippen LogP contribution is 2.16. The number of benzene rings is 1. The van der Waals surface area contributed by atoms with Gasteiger partial charge in [-0.1, -0.05) is 13.8 Å². The first-order valence-electron chi connectivity index (χ1n) is 4.17. The molecule has 4 heteroatoms. The molecule has 0 aliphatic heterocycles. The van der Waals surface area contributed by atoms with Gasteiger partial charge in [0.1, 0.15) is 17.4 Å². The molecule has 0 N–H and O–H groups in total. The van der Waals surface area contributed by atoms with Gasteiger partial charge in [0.05, 0.1) is 5.92 Å². The van der Waals surface area contributed by atoms with Gasteiger partial charge >= 0.3 is 5.97 Å². The Kier molecular flexibility index (Phi) is 3.17. The van der Waals surface area contributed by atoms with Crippen LogP contribution in [-0.2, 0) is 4.79 Å². The maximum Gasteiger partial charge on any atom is 0.313 e. The van der Waals surface area contributed by atoms with Gasteiger partial charge in [0.15, 0.2) is 0 Å². The summed E-state index contributed by atoms with van der Waals surface area (Å²) in [5.41, 5.74) is 0. The average molecular weight is 200 g/mol. The van der Waals surface area contributed by atoms with E-state index in [9.17, 15) is 13.6 Å². The SMILES string of the molecule is CC(C)C(=O)Oc1cc(F)cc(F)c1. The van der Waals surface area contributed by atoms with Crippen LogP contribution < -0.4 is 4.74 Å². The quantitative estimate of drug-likeness (QED) is 0.541. The van der Waals surface area contributed by atoms with Crippen molar-refractivity contribution in [2.24, 2.45) is 5.92 Å². The lowest BCUT2D eigenvalue weighted by molar-refractivity contribution is -0.137. The van der Waals surface area contributed by atoms with E-state index in [0.717, 1.165) is 12.1 Å². The third kappa shape index (κ3) is 2.80. The number of esters is 1. The molecule has 1 rings (SSSR count). The highest BCUT2D eigenvalue weighted by Gasteiger charge is 2.11. The van der Waals surface area contributed by atoms with E-state index >= 15 is 0 Å². The Balaban J connectivity index is 2.82. The molecule has 76 valence electrons. The van der Waals surface area contributed by atoms with E-state index in [4.69, 9.17) is 4.74 Å². The molecule has 0 radical (unpaired) electrons. The zero-order chi connectivity index (χ0) is 10.7. The Morgan fingerprint density at radius 3 is 2.14 bits per heavy atom. The molecule has 14 heavy (non-hydrogen) atoms. The topological polar surface area (TPSA) is 26.3 Å². The molecule has 0 aromatic heterocycles. The molecule has 0 spiro atoms. The first-order chi connectivity index (χ1) is 6.49. The predicted molar refractivity (Wildman–Crippen MR) is 46.8 cm³/mol. The van der Waals surface area contributed by atoms with Crippen LogP contribution in [0.2, 0.25) is 0 Å². The molecule has 1 aromatic carbocycles. The number of halogens is 2. The van der Waals surface area contributed by atoms with Crippen LogP contribution in [-0.4, -0.2) is 5.97 Å². The van der Waals surface area contributed by atoms with Crippen molar-refractivity contribution in [2.75, 3.05) is 0 Å². The van der Waals surface area contributed by atoms with Crippen LogP contribution in [0.5, 0.6) is 5.75 Å². The van der Waals surface area contributed by atoms with Crippen LogP contribution in [0.1, 0.15) is 13.8 Å². The van der Waals surface area contributed by atoms with Crippen molar-refractivity contribution >= 4 is 5.97 Å². The van der Waals surface area contributed by atoms with Crippen molar-refractivity contribution in [3.05, 3.63) is 29.8 Å². The zero-order valence-corrected chi connectivity index (χ0v) is 7.88. The minimum Gasteiger partial charge on any atom is -0.426 e. The Bertz CT molecular complexity index is 328. The van der Waals surface area contributed by atoms with Gasteiger partial charge in [-0.15, -0.1) is 0 Å². The third-order valence-corrected chi connectivity index (χ3v) is 1.53. The third-order valence-electron chi connectivity index (χ3n) is 1.53. The second-order valence-corrected chi connectivity index (χ2v) is 3.18. The highest BCUT2D eigenvalue weighted by atomic mass is 19.1. The Morgan fingerprint density at radius 1 is 1.21 bits per heavy atom. The molecule has 1 aromatic rings. The van der Waals surface area contributed by atoms with E-state index in [1.807, 2.05) is 0 Å². The fraction of sp³-hybridized carbons (Fsp3) is 0.300. The first-order valence-corrected chi connectivity index (χ1v) is 4.17. The van der Waals surface area contributed by atoms with Crippen LogP contribution in [0.3, 0.4) is 0 Å². The Morgan fingerprint density at radius 2 is 1.71 bits per heavy atom. The van der Waals surface area contributed by atoms with Crippen molar-refractivity contribution < 1.29 is 18.3 Å². The summed E-state index contributed by atoms with van der Waals surface area (Å²) in [6.45, 7) is 3.27. The van der Waals surface area contributed by atoms with Gasteiger partial charge < -0.3 is 4.74 Å². The van der Waals surface area contributed by atoms with Crippen LogP contribution in [0, 0.1) is 17.6 Å². The van der Waals surface area contributed by atoms with Crippen LogP contribution >= 0.6 is 0 Å². The number of ether oxygens (including phenoxy) is 1. The van der Waals surface area contributed by atoms with Gasteiger partial charge in [0.25, 0.3) is 0 Å². The molecule has 0 unspecified atom stereocenters. The van der Waals surface area contributed by atoms with E-state index in [1.54, 1.807) is 13.8 Å². The average Bonchev–Trinajstić information content (AvgIpc) is 2.01. The van der Waals surface area contributed by atoms with Gasteiger partial charge in [-0.2, -0.15) is 0 Å². The van der Waals surface area contributed by atoms with Gasteiger partial charge in [-0.25, -0.2) is 8.78 Å². The van der Waals surface area contributed by atoms with Gasteiger partial charge in [0.2, 0.25) is 0 Å². The normalized spacial score (nSPS) is 10.4. The second-order valence-electron chi connectivity index (χ2n) is 3.18. The van der Waals surface area contributed by atoms with Crippen molar-refractivity contribution in [3.8, 4) is 5.75 Å². The van der Waals surface area contributed by atoms with E-state index in [0.29, 0.717) is 6.07 Å². The monoisotopic (exact) mass is 200 g/mol. The summed E-state index contributed by atoms with van der Waals surface area (Å²) in [5.74, 6) is -2.49. The van der Waals surface area contributed by atoms with Crippen molar-refractivity contribution in [1.29, 1.82) is 0 Å². The molecule has 0 fully saturated rings. The number of hydrogen-bond acceptors (Lipinski definition) is 2. The fourth-order valence-corrected chi connectivity index (χ4v) is 0.821. The van der Waals surface area contributed by atoms with Crippen LogP contribution in [0.4, 0.5) is 8.78 Å². The summed E-state index contributed by atoms with van der Waals surface area (Å²) in [7, 11) is 0. The van der Waals surface area contributed by atoms with Gasteiger partial charge in [-0.05, 0) is 0 Å². The summed E-state index contributed by atoms with van der Waals surface area (Å²) in [5, 5.41) is 0. The van der Waals surface area contributed by atoms with E-state index < -0.39 is 17.6 Å². The minimum absolute atomic E-state index is 0.110. The molecule has 0 saturated heterocycles. The summed E-state index contributed by atoms with van der Waals surface area (Å²) >= 11 is 0. The lowest BCUT2D eigenvalue weighted by Crippen LogP contribution is -2.14. The largest absolute Gasteiger partial charge is 0.426 e. The molecular formula is C10H10F2O2. The molecule has 2 nitrogen and oxygen atoms in total. The number of carbonyl (C=O) groups excluding carboxylic acids is 1. The molecule has 0 amide bonds. The molecule has 0 aliphatic rings. The summed E-state index contributed by atoms with van der Waals surface area (Å²) in [6.07, 6.45) is 0. The minimum atomic E-state index is -0.767. The summed E-state index contributed by atoms with van der Waals surface area (Å²) < 4.78 is 30.0. The molecule has 0 aliphatic carbocycles. The molecular weight excluding hydrogens is 190 g/mol. The predicted octanol–water partition coefficient (Wildman–Crippen LogP) is 2.53. The Hall–Kier alpha value is -1.45. The van der Waals surface area contributed by atoms with Crippen LogP contribution in [0.25, 0.3) is 0 Å². The maximum atomic E-state index is 12.6. The zero-order valence-electron chi connectivity index (χ0n) is 7.88.